The highest BCUT2D eigenvalue weighted by Gasteiger charge is 2.19. The Kier molecular flexibility index (Phi) is 5.05. The van der Waals surface area contributed by atoms with Crippen molar-refractivity contribution in [3.05, 3.63) is 64.3 Å². The number of anilines is 1. The molecule has 2 N–H and O–H groups in total. The van der Waals surface area contributed by atoms with Crippen molar-refractivity contribution in [1.29, 1.82) is 5.26 Å². The number of aromatic nitrogens is 3. The lowest BCUT2D eigenvalue weighted by atomic mass is 10.1. The molecule has 4 rings (SSSR count). The van der Waals surface area contributed by atoms with Gasteiger partial charge < -0.3 is 14.6 Å². The minimum atomic E-state index is -0.735. The van der Waals surface area contributed by atoms with Crippen LogP contribution in [-0.4, -0.2) is 26.7 Å². The summed E-state index contributed by atoms with van der Waals surface area (Å²) in [6.07, 6.45) is -0.0106. The molecule has 0 saturated heterocycles. The lowest BCUT2D eigenvalue weighted by molar-refractivity contribution is 0.102. The number of ether oxygens (including phenoxy) is 1. The average Bonchev–Trinajstić information content (AvgIpc) is 3.32. The Bertz CT molecular complexity index is 1390. The lowest BCUT2D eigenvalue weighted by Gasteiger charge is -2.13. The van der Waals surface area contributed by atoms with Crippen molar-refractivity contribution in [2.24, 2.45) is 7.05 Å². The number of nitriles is 1. The second-order valence-electron chi connectivity index (χ2n) is 7.22. The van der Waals surface area contributed by atoms with Gasteiger partial charge in [0, 0.05) is 18.0 Å². The first-order valence-electron chi connectivity index (χ1n) is 9.54. The number of hydrogen-bond donors (Lipinski definition) is 2. The van der Waals surface area contributed by atoms with E-state index in [1.165, 1.54) is 6.07 Å². The second-order valence-corrected chi connectivity index (χ2v) is 7.22. The van der Waals surface area contributed by atoms with Gasteiger partial charge in [-0.25, -0.2) is 4.79 Å². The van der Waals surface area contributed by atoms with E-state index in [0.29, 0.717) is 28.3 Å². The number of nitrogens with one attached hydrogen (secondary N) is 2. The minimum Gasteiger partial charge on any atom is -0.489 e. The molecule has 1 amide bonds. The summed E-state index contributed by atoms with van der Waals surface area (Å²) in [6.45, 7) is 3.88. The number of para-hydroxylation sites is 1. The molecule has 0 spiro atoms. The molecule has 9 heteroatoms. The molecule has 0 aliphatic carbocycles. The molecule has 2 heterocycles. The summed E-state index contributed by atoms with van der Waals surface area (Å²) in [6, 6.07) is 14.1. The monoisotopic (exact) mass is 417 g/mol. The molecular weight excluding hydrogens is 398 g/mol. The van der Waals surface area contributed by atoms with Crippen LogP contribution in [0.5, 0.6) is 5.75 Å². The van der Waals surface area contributed by atoms with Crippen LogP contribution in [-0.2, 0) is 7.05 Å². The molecule has 4 aromatic rings. The van der Waals surface area contributed by atoms with Gasteiger partial charge in [-0.15, -0.1) is 0 Å². The quantitative estimate of drug-likeness (QED) is 0.512. The van der Waals surface area contributed by atoms with Crippen LogP contribution in [0, 0.1) is 11.3 Å². The highest BCUT2D eigenvalue weighted by Crippen LogP contribution is 2.31. The molecule has 0 saturated carbocycles. The van der Waals surface area contributed by atoms with Crippen molar-refractivity contribution < 1.29 is 14.1 Å². The third kappa shape index (κ3) is 3.79. The van der Waals surface area contributed by atoms with Crippen LogP contribution in [0.25, 0.3) is 22.3 Å². The van der Waals surface area contributed by atoms with E-state index in [9.17, 15) is 14.9 Å². The molecule has 0 bridgehead atoms. The van der Waals surface area contributed by atoms with Crippen LogP contribution < -0.4 is 15.8 Å². The Morgan fingerprint density at radius 3 is 2.77 bits per heavy atom. The fourth-order valence-corrected chi connectivity index (χ4v) is 3.40. The van der Waals surface area contributed by atoms with E-state index in [-0.39, 0.29) is 17.8 Å². The molecule has 0 aliphatic rings. The van der Waals surface area contributed by atoms with Crippen LogP contribution in [0.3, 0.4) is 0 Å². The van der Waals surface area contributed by atoms with E-state index in [1.807, 2.05) is 38.1 Å². The van der Waals surface area contributed by atoms with E-state index in [0.717, 1.165) is 10.9 Å². The fourth-order valence-electron chi connectivity index (χ4n) is 3.40. The topological polar surface area (TPSA) is 126 Å². The van der Waals surface area contributed by atoms with Crippen LogP contribution in [0.15, 0.2) is 51.8 Å². The third-order valence-electron chi connectivity index (χ3n) is 4.71. The summed E-state index contributed by atoms with van der Waals surface area (Å²) >= 11 is 0. The molecule has 2 aromatic carbocycles. The number of benzene rings is 2. The number of hydrogen-bond acceptors (Lipinski definition) is 6. The first-order valence-corrected chi connectivity index (χ1v) is 9.54. The Balaban J connectivity index is 1.74. The van der Waals surface area contributed by atoms with Gasteiger partial charge in [-0.1, -0.05) is 17.3 Å². The molecule has 0 aliphatic heterocycles. The van der Waals surface area contributed by atoms with E-state index < -0.39 is 5.76 Å². The SMILES string of the molecule is CC(C)Oc1cccc2cc(C(=O)Nc3ccc(C#N)cc3-c3noc(=O)[nH]3)n(C)c12. The van der Waals surface area contributed by atoms with Gasteiger partial charge in [-0.05, 0) is 44.2 Å². The molecule has 2 aromatic heterocycles. The fraction of sp³-hybridized carbons (Fsp3) is 0.182. The van der Waals surface area contributed by atoms with Gasteiger partial charge in [0.2, 0.25) is 0 Å². The summed E-state index contributed by atoms with van der Waals surface area (Å²) in [7, 11) is 1.79. The smallest absolute Gasteiger partial charge is 0.439 e. The van der Waals surface area contributed by atoms with Crippen molar-refractivity contribution >= 4 is 22.5 Å². The minimum absolute atomic E-state index is 0.0106. The average molecular weight is 417 g/mol. The zero-order chi connectivity index (χ0) is 22.1. The number of fused-ring (bicyclic) bond motifs is 1. The Hall–Kier alpha value is -4.32. The standard InChI is InChI=1S/C22H19N5O4/c1-12(2)30-18-6-4-5-14-10-17(27(3)19(14)18)21(28)24-16-8-7-13(11-23)9-15(16)20-25-22(29)31-26-20/h4-10,12H,1-3H3,(H,24,28)(H,25,26,29). The molecule has 31 heavy (non-hydrogen) atoms. The number of H-pyrrole nitrogens is 1. The number of aromatic amines is 1. The number of carbonyl (C=O) groups excluding carboxylic acids is 1. The van der Waals surface area contributed by atoms with Crippen LogP contribution >= 0.6 is 0 Å². The van der Waals surface area contributed by atoms with Crippen molar-refractivity contribution in [3.8, 4) is 23.2 Å². The number of rotatable bonds is 5. The third-order valence-corrected chi connectivity index (χ3v) is 4.71. The normalized spacial score (nSPS) is 10.9. The van der Waals surface area contributed by atoms with Crippen molar-refractivity contribution in [3.63, 3.8) is 0 Å². The lowest BCUT2D eigenvalue weighted by Crippen LogP contribution is -2.16. The Morgan fingerprint density at radius 1 is 1.29 bits per heavy atom. The molecule has 0 radical (unpaired) electrons. The first-order chi connectivity index (χ1) is 14.9. The van der Waals surface area contributed by atoms with E-state index in [2.05, 4.69) is 20.0 Å². The molecule has 0 atom stereocenters. The number of aryl methyl sites for hydroxylation is 1. The molecule has 0 fully saturated rings. The van der Waals surface area contributed by atoms with Gasteiger partial charge in [0.05, 0.1) is 28.9 Å². The number of nitrogens with zero attached hydrogens (tertiary/aromatic N) is 3. The maximum atomic E-state index is 13.1. The number of carbonyl (C=O) groups is 1. The van der Waals surface area contributed by atoms with Crippen molar-refractivity contribution in [1.82, 2.24) is 14.7 Å². The van der Waals surface area contributed by atoms with Crippen molar-refractivity contribution in [2.75, 3.05) is 5.32 Å². The van der Waals surface area contributed by atoms with Gasteiger partial charge in [0.25, 0.3) is 5.91 Å². The highest BCUT2D eigenvalue weighted by atomic mass is 16.5. The van der Waals surface area contributed by atoms with Gasteiger partial charge in [0.15, 0.2) is 5.82 Å². The Labute approximate surface area is 176 Å². The molecular formula is C22H19N5O4. The predicted molar refractivity (Wildman–Crippen MR) is 114 cm³/mol. The summed E-state index contributed by atoms with van der Waals surface area (Å²) < 4.78 is 12.2. The highest BCUT2D eigenvalue weighted by molar-refractivity contribution is 6.08. The van der Waals surface area contributed by atoms with Gasteiger partial charge in [0.1, 0.15) is 11.4 Å². The Morgan fingerprint density at radius 2 is 2.10 bits per heavy atom. The van der Waals surface area contributed by atoms with Crippen LogP contribution in [0.1, 0.15) is 29.9 Å². The van der Waals surface area contributed by atoms with Gasteiger partial charge in [-0.3, -0.25) is 14.3 Å². The zero-order valence-electron chi connectivity index (χ0n) is 17.1. The molecule has 156 valence electrons. The zero-order valence-corrected chi connectivity index (χ0v) is 17.1. The molecule has 9 nitrogen and oxygen atoms in total. The first kappa shape index (κ1) is 20.0. The van der Waals surface area contributed by atoms with E-state index in [1.54, 1.807) is 29.8 Å². The summed E-state index contributed by atoms with van der Waals surface area (Å²) in [5, 5.41) is 16.6. The second kappa shape index (κ2) is 7.84. The maximum Gasteiger partial charge on any atom is 0.439 e. The van der Waals surface area contributed by atoms with Crippen LogP contribution in [0.2, 0.25) is 0 Å². The van der Waals surface area contributed by atoms with Crippen LogP contribution in [0.4, 0.5) is 5.69 Å². The number of amides is 1. The van der Waals surface area contributed by atoms with Gasteiger partial charge in [-0.2, -0.15) is 5.26 Å². The largest absolute Gasteiger partial charge is 0.489 e. The summed E-state index contributed by atoms with van der Waals surface area (Å²) in [4.78, 5) is 26.9. The van der Waals surface area contributed by atoms with E-state index in [4.69, 9.17) is 4.74 Å². The van der Waals surface area contributed by atoms with Gasteiger partial charge >= 0.3 is 5.76 Å². The van der Waals surface area contributed by atoms with Crippen molar-refractivity contribution in [2.45, 2.75) is 20.0 Å². The molecule has 0 unspecified atom stereocenters. The summed E-state index contributed by atoms with van der Waals surface area (Å²) in [5.41, 5.74) is 2.30. The maximum absolute atomic E-state index is 13.1. The van der Waals surface area contributed by atoms with E-state index >= 15 is 0 Å². The summed E-state index contributed by atoms with van der Waals surface area (Å²) in [5.74, 6) is -0.303. The predicted octanol–water partition coefficient (Wildman–Crippen LogP) is 3.43.